The number of hydrogen-bond acceptors (Lipinski definition) is 5. The smallest absolute Gasteiger partial charge is 0.407 e. The molecule has 17 heavy (non-hydrogen) atoms. The van der Waals surface area contributed by atoms with Gasteiger partial charge in [-0.05, 0) is 6.42 Å². The third kappa shape index (κ3) is 13.1. The average Bonchev–Trinajstić information content (AvgIpc) is 2.33. The lowest BCUT2D eigenvalue weighted by atomic mass is 10.4. The van der Waals surface area contributed by atoms with Gasteiger partial charge in [-0.3, -0.25) is 0 Å². The van der Waals surface area contributed by atoms with Crippen molar-refractivity contribution in [2.75, 3.05) is 46.2 Å². The summed E-state index contributed by atoms with van der Waals surface area (Å²) in [5, 5.41) is 11.0. The lowest BCUT2D eigenvalue weighted by Crippen LogP contribution is -2.28. The Balaban J connectivity index is 3.08. The Morgan fingerprint density at radius 1 is 1.12 bits per heavy atom. The molecule has 0 aliphatic heterocycles. The number of unbranched alkanes of at least 4 members (excludes halogenated alkanes) is 1. The number of ether oxygens (including phenoxy) is 3. The van der Waals surface area contributed by atoms with E-state index in [4.69, 9.17) is 19.3 Å². The SMILES string of the molecule is CCCCOC(=O)NCCOCCOCCO. The zero-order valence-corrected chi connectivity index (χ0v) is 10.4. The van der Waals surface area contributed by atoms with Crippen molar-refractivity contribution in [2.45, 2.75) is 19.8 Å². The third-order valence-electron chi connectivity index (χ3n) is 1.85. The fourth-order valence-electron chi connectivity index (χ4n) is 0.972. The molecule has 6 nitrogen and oxygen atoms in total. The Kier molecular flexibility index (Phi) is 12.6. The average molecular weight is 249 g/mol. The van der Waals surface area contributed by atoms with Gasteiger partial charge in [0.2, 0.25) is 0 Å². The van der Waals surface area contributed by atoms with Gasteiger partial charge in [0.25, 0.3) is 0 Å². The summed E-state index contributed by atoms with van der Waals surface area (Å²) < 4.78 is 15.1. The largest absolute Gasteiger partial charge is 0.450 e. The van der Waals surface area contributed by atoms with Crippen molar-refractivity contribution in [3.05, 3.63) is 0 Å². The molecule has 102 valence electrons. The third-order valence-corrected chi connectivity index (χ3v) is 1.85. The van der Waals surface area contributed by atoms with E-state index in [2.05, 4.69) is 5.32 Å². The highest BCUT2D eigenvalue weighted by atomic mass is 16.5. The first-order chi connectivity index (χ1) is 8.31. The quantitative estimate of drug-likeness (QED) is 0.523. The van der Waals surface area contributed by atoms with Crippen LogP contribution in [0.25, 0.3) is 0 Å². The first-order valence-electron chi connectivity index (χ1n) is 5.98. The molecule has 0 rings (SSSR count). The second-order valence-electron chi connectivity index (χ2n) is 3.36. The summed E-state index contributed by atoms with van der Waals surface area (Å²) in [5.74, 6) is 0. The van der Waals surface area contributed by atoms with Crippen molar-refractivity contribution >= 4 is 6.09 Å². The van der Waals surface area contributed by atoms with Crippen molar-refractivity contribution in [1.82, 2.24) is 5.32 Å². The number of alkyl carbamates (subject to hydrolysis) is 1. The molecule has 0 heterocycles. The highest BCUT2D eigenvalue weighted by molar-refractivity contribution is 5.66. The Bertz CT molecular complexity index is 177. The van der Waals surface area contributed by atoms with E-state index in [1.807, 2.05) is 6.92 Å². The fraction of sp³-hybridized carbons (Fsp3) is 0.909. The molecule has 0 atom stereocenters. The van der Waals surface area contributed by atoms with Crippen molar-refractivity contribution in [2.24, 2.45) is 0 Å². The van der Waals surface area contributed by atoms with Gasteiger partial charge in [-0.15, -0.1) is 0 Å². The van der Waals surface area contributed by atoms with Crippen molar-refractivity contribution in [1.29, 1.82) is 0 Å². The highest BCUT2D eigenvalue weighted by Crippen LogP contribution is 1.88. The molecule has 0 aliphatic rings. The van der Waals surface area contributed by atoms with Gasteiger partial charge in [0.15, 0.2) is 0 Å². The van der Waals surface area contributed by atoms with Gasteiger partial charge in [-0.2, -0.15) is 0 Å². The van der Waals surface area contributed by atoms with E-state index in [-0.39, 0.29) is 6.61 Å². The van der Waals surface area contributed by atoms with E-state index in [0.29, 0.717) is 39.6 Å². The predicted octanol–water partition coefficient (Wildman–Crippen LogP) is 0.538. The van der Waals surface area contributed by atoms with Crippen LogP contribution in [0.3, 0.4) is 0 Å². The van der Waals surface area contributed by atoms with Gasteiger partial charge >= 0.3 is 6.09 Å². The molecule has 0 fully saturated rings. The number of aliphatic hydroxyl groups excluding tert-OH is 1. The van der Waals surface area contributed by atoms with Gasteiger partial charge in [0.1, 0.15) is 0 Å². The van der Waals surface area contributed by atoms with Crippen LogP contribution in [0, 0.1) is 0 Å². The van der Waals surface area contributed by atoms with Crippen molar-refractivity contribution in [3.63, 3.8) is 0 Å². The zero-order valence-electron chi connectivity index (χ0n) is 10.4. The summed E-state index contributed by atoms with van der Waals surface area (Å²) in [6, 6.07) is 0. The normalized spacial score (nSPS) is 10.2. The molecule has 0 aromatic heterocycles. The second-order valence-corrected chi connectivity index (χ2v) is 3.36. The van der Waals surface area contributed by atoms with Gasteiger partial charge in [-0.25, -0.2) is 4.79 Å². The maximum atomic E-state index is 11.1. The van der Waals surface area contributed by atoms with Crippen LogP contribution in [-0.2, 0) is 14.2 Å². The molecule has 0 saturated heterocycles. The van der Waals surface area contributed by atoms with Crippen LogP contribution in [0.15, 0.2) is 0 Å². The van der Waals surface area contributed by atoms with E-state index < -0.39 is 6.09 Å². The minimum Gasteiger partial charge on any atom is -0.450 e. The summed E-state index contributed by atoms with van der Waals surface area (Å²) in [6.07, 6.45) is 1.48. The Morgan fingerprint density at radius 3 is 2.47 bits per heavy atom. The van der Waals surface area contributed by atoms with Crippen LogP contribution >= 0.6 is 0 Å². The standard InChI is InChI=1S/C11H23NO5/c1-2-3-6-17-11(14)12-4-7-15-9-10-16-8-5-13/h13H,2-10H2,1H3,(H,12,14). The lowest BCUT2D eigenvalue weighted by Gasteiger charge is -2.07. The van der Waals surface area contributed by atoms with Crippen LogP contribution in [0.5, 0.6) is 0 Å². The first-order valence-corrected chi connectivity index (χ1v) is 5.98. The Morgan fingerprint density at radius 2 is 1.82 bits per heavy atom. The number of amides is 1. The Labute approximate surface area is 102 Å². The molecule has 6 heteroatoms. The molecule has 0 radical (unpaired) electrons. The second kappa shape index (κ2) is 13.2. The summed E-state index contributed by atoms with van der Waals surface area (Å²) in [7, 11) is 0. The molecule has 0 bridgehead atoms. The molecule has 2 N–H and O–H groups in total. The minimum absolute atomic E-state index is 0.0190. The lowest BCUT2D eigenvalue weighted by molar-refractivity contribution is 0.0337. The number of carbonyl (C=O) groups is 1. The van der Waals surface area contributed by atoms with E-state index in [0.717, 1.165) is 12.8 Å². The van der Waals surface area contributed by atoms with Gasteiger partial charge in [-0.1, -0.05) is 13.3 Å². The molecule has 0 spiro atoms. The molecule has 0 saturated carbocycles. The molecule has 0 aromatic rings. The minimum atomic E-state index is -0.404. The predicted molar refractivity (Wildman–Crippen MR) is 63.0 cm³/mol. The van der Waals surface area contributed by atoms with E-state index in [1.54, 1.807) is 0 Å². The molecule has 0 aliphatic carbocycles. The first kappa shape index (κ1) is 16.1. The van der Waals surface area contributed by atoms with Crippen LogP contribution in [-0.4, -0.2) is 57.4 Å². The van der Waals surface area contributed by atoms with E-state index >= 15 is 0 Å². The highest BCUT2D eigenvalue weighted by Gasteiger charge is 1.99. The number of nitrogens with one attached hydrogen (secondary N) is 1. The van der Waals surface area contributed by atoms with Crippen LogP contribution in [0.1, 0.15) is 19.8 Å². The summed E-state index contributed by atoms with van der Waals surface area (Å²) in [6.45, 7) is 4.58. The molecular weight excluding hydrogens is 226 g/mol. The molecular formula is C11H23NO5. The fourth-order valence-corrected chi connectivity index (χ4v) is 0.972. The molecule has 0 unspecified atom stereocenters. The van der Waals surface area contributed by atoms with Crippen LogP contribution < -0.4 is 5.32 Å². The van der Waals surface area contributed by atoms with Crippen LogP contribution in [0.4, 0.5) is 4.79 Å². The maximum absolute atomic E-state index is 11.1. The summed E-state index contributed by atoms with van der Waals surface area (Å²) in [5.41, 5.74) is 0. The van der Waals surface area contributed by atoms with Gasteiger partial charge < -0.3 is 24.6 Å². The summed E-state index contributed by atoms with van der Waals surface area (Å²) >= 11 is 0. The van der Waals surface area contributed by atoms with Crippen LogP contribution in [0.2, 0.25) is 0 Å². The van der Waals surface area contributed by atoms with Crippen molar-refractivity contribution in [3.8, 4) is 0 Å². The van der Waals surface area contributed by atoms with E-state index in [9.17, 15) is 4.79 Å². The Hall–Kier alpha value is -0.850. The van der Waals surface area contributed by atoms with Gasteiger partial charge in [0, 0.05) is 6.54 Å². The van der Waals surface area contributed by atoms with Crippen molar-refractivity contribution < 1.29 is 24.1 Å². The zero-order chi connectivity index (χ0) is 12.8. The number of aliphatic hydroxyl groups is 1. The topological polar surface area (TPSA) is 77.0 Å². The maximum Gasteiger partial charge on any atom is 0.407 e. The monoisotopic (exact) mass is 249 g/mol. The molecule has 0 aromatic carbocycles. The number of hydrogen-bond donors (Lipinski definition) is 2. The number of carbonyl (C=O) groups excluding carboxylic acids is 1. The summed E-state index contributed by atoms with van der Waals surface area (Å²) in [4.78, 5) is 11.1. The molecule has 1 amide bonds. The number of rotatable bonds is 11. The van der Waals surface area contributed by atoms with E-state index in [1.165, 1.54) is 0 Å². The van der Waals surface area contributed by atoms with Gasteiger partial charge in [0.05, 0.1) is 39.6 Å².